The van der Waals surface area contributed by atoms with Gasteiger partial charge in [-0.25, -0.2) is 4.98 Å². The fourth-order valence-corrected chi connectivity index (χ4v) is 4.02. The monoisotopic (exact) mass is 345 g/mol. The smallest absolute Gasteiger partial charge is 0.261 e. The molecular weight excluding hydrogens is 322 g/mol. The minimum atomic E-state index is -0.0792. The second-order valence-corrected chi connectivity index (χ2v) is 7.44. The van der Waals surface area contributed by atoms with E-state index in [1.165, 1.54) is 35.6 Å². The minimum absolute atomic E-state index is 0.0150. The molecule has 128 valence electrons. The lowest BCUT2D eigenvalue weighted by atomic mass is 9.86. The highest BCUT2D eigenvalue weighted by Gasteiger charge is 2.22. The number of carbonyl (C=O) groups is 1. The molecule has 1 saturated carbocycles. The number of thioether (sulfide) groups is 1. The molecule has 6 heteroatoms. The Balaban J connectivity index is 1.68. The van der Waals surface area contributed by atoms with Gasteiger partial charge in [-0.3, -0.25) is 14.2 Å². The molecule has 1 heterocycles. The predicted octanol–water partition coefficient (Wildman–Crippen LogP) is 2.72. The normalized spacial score (nSPS) is 20.9. The van der Waals surface area contributed by atoms with Crippen molar-refractivity contribution in [1.82, 2.24) is 14.9 Å². The standard InChI is InChI=1S/C18H23N3O2S/c1-12-7-3-5-9-14(12)19-16(22)11-24-18-20-15-10-6-4-8-13(15)17(23)21(18)2/h4,6,8,10,12,14H,3,5,7,9,11H2,1-2H3,(H,19,22). The van der Waals surface area contributed by atoms with E-state index in [2.05, 4.69) is 17.2 Å². The third kappa shape index (κ3) is 3.64. The maximum atomic E-state index is 12.4. The molecule has 1 amide bonds. The topological polar surface area (TPSA) is 64.0 Å². The number of amides is 1. The van der Waals surface area contributed by atoms with E-state index in [0.29, 0.717) is 22.0 Å². The third-order valence-electron chi connectivity index (χ3n) is 4.73. The van der Waals surface area contributed by atoms with Crippen LogP contribution in [0.1, 0.15) is 32.6 Å². The van der Waals surface area contributed by atoms with Gasteiger partial charge in [0.15, 0.2) is 5.16 Å². The average molecular weight is 345 g/mol. The Morgan fingerprint density at radius 1 is 1.33 bits per heavy atom. The number of hydrogen-bond donors (Lipinski definition) is 1. The van der Waals surface area contributed by atoms with Gasteiger partial charge in [0.05, 0.1) is 16.7 Å². The molecule has 0 radical (unpaired) electrons. The van der Waals surface area contributed by atoms with E-state index in [9.17, 15) is 9.59 Å². The molecule has 0 bridgehead atoms. The van der Waals surface area contributed by atoms with Crippen LogP contribution >= 0.6 is 11.8 Å². The maximum absolute atomic E-state index is 12.4. The van der Waals surface area contributed by atoms with Crippen LogP contribution in [-0.2, 0) is 11.8 Å². The molecule has 0 saturated heterocycles. The highest BCUT2D eigenvalue weighted by Crippen LogP contribution is 2.24. The number of nitrogens with zero attached hydrogens (tertiary/aromatic N) is 2. The van der Waals surface area contributed by atoms with E-state index >= 15 is 0 Å². The van der Waals surface area contributed by atoms with E-state index in [1.54, 1.807) is 13.1 Å². The van der Waals surface area contributed by atoms with Gasteiger partial charge in [-0.15, -0.1) is 0 Å². The molecule has 1 fully saturated rings. The molecule has 1 aliphatic carbocycles. The van der Waals surface area contributed by atoms with Gasteiger partial charge >= 0.3 is 0 Å². The van der Waals surface area contributed by atoms with Crippen molar-refractivity contribution in [3.05, 3.63) is 34.6 Å². The number of carbonyl (C=O) groups excluding carboxylic acids is 1. The lowest BCUT2D eigenvalue weighted by Gasteiger charge is -2.29. The summed E-state index contributed by atoms with van der Waals surface area (Å²) >= 11 is 1.31. The van der Waals surface area contributed by atoms with Crippen LogP contribution in [0.15, 0.2) is 34.2 Å². The van der Waals surface area contributed by atoms with Crippen molar-refractivity contribution in [2.24, 2.45) is 13.0 Å². The van der Waals surface area contributed by atoms with Crippen LogP contribution in [0.2, 0.25) is 0 Å². The molecule has 1 aliphatic rings. The summed E-state index contributed by atoms with van der Waals surface area (Å²) in [5.41, 5.74) is 0.592. The van der Waals surface area contributed by atoms with Crippen LogP contribution in [0.5, 0.6) is 0 Å². The summed E-state index contributed by atoms with van der Waals surface area (Å²) in [6.45, 7) is 2.20. The molecule has 2 aromatic rings. The Labute approximate surface area is 145 Å². The van der Waals surface area contributed by atoms with Crippen molar-refractivity contribution in [2.75, 3.05) is 5.75 Å². The Morgan fingerprint density at radius 2 is 2.08 bits per heavy atom. The molecule has 0 aliphatic heterocycles. The van der Waals surface area contributed by atoms with Crippen molar-refractivity contribution in [3.63, 3.8) is 0 Å². The molecule has 3 rings (SSSR count). The molecule has 2 atom stereocenters. The van der Waals surface area contributed by atoms with Gasteiger partial charge in [0, 0.05) is 13.1 Å². The number of fused-ring (bicyclic) bond motifs is 1. The van der Waals surface area contributed by atoms with Crippen LogP contribution in [0.25, 0.3) is 10.9 Å². The van der Waals surface area contributed by atoms with Crippen molar-refractivity contribution in [3.8, 4) is 0 Å². The molecule has 1 aromatic carbocycles. The molecule has 2 unspecified atom stereocenters. The van der Waals surface area contributed by atoms with Gasteiger partial charge in [-0.2, -0.15) is 0 Å². The van der Waals surface area contributed by atoms with Crippen molar-refractivity contribution < 1.29 is 4.79 Å². The Hall–Kier alpha value is -1.82. The zero-order valence-corrected chi connectivity index (χ0v) is 14.9. The second kappa shape index (κ2) is 7.38. The summed E-state index contributed by atoms with van der Waals surface area (Å²) in [5.74, 6) is 0.832. The molecule has 0 spiro atoms. The first-order chi connectivity index (χ1) is 11.6. The second-order valence-electron chi connectivity index (χ2n) is 6.50. The highest BCUT2D eigenvalue weighted by atomic mass is 32.2. The molecule has 1 N–H and O–H groups in total. The van der Waals surface area contributed by atoms with Gasteiger partial charge in [0.1, 0.15) is 0 Å². The zero-order valence-electron chi connectivity index (χ0n) is 14.1. The number of aromatic nitrogens is 2. The summed E-state index contributed by atoms with van der Waals surface area (Å²) in [6, 6.07) is 7.57. The van der Waals surface area contributed by atoms with Crippen LogP contribution < -0.4 is 10.9 Å². The van der Waals surface area contributed by atoms with E-state index in [0.717, 1.165) is 6.42 Å². The van der Waals surface area contributed by atoms with Gasteiger partial charge in [0.25, 0.3) is 5.56 Å². The molecule has 1 aromatic heterocycles. The molecular formula is C18H23N3O2S. The van der Waals surface area contributed by atoms with Crippen molar-refractivity contribution in [1.29, 1.82) is 0 Å². The van der Waals surface area contributed by atoms with Crippen LogP contribution in [0.3, 0.4) is 0 Å². The van der Waals surface area contributed by atoms with Crippen molar-refractivity contribution in [2.45, 2.75) is 43.8 Å². The Morgan fingerprint density at radius 3 is 2.88 bits per heavy atom. The summed E-state index contributed by atoms with van der Waals surface area (Å²) < 4.78 is 1.52. The highest BCUT2D eigenvalue weighted by molar-refractivity contribution is 7.99. The number of benzene rings is 1. The van der Waals surface area contributed by atoms with Gasteiger partial charge in [-0.05, 0) is 30.9 Å². The first-order valence-electron chi connectivity index (χ1n) is 8.44. The number of hydrogen-bond acceptors (Lipinski definition) is 4. The van der Waals surface area contributed by atoms with E-state index < -0.39 is 0 Å². The van der Waals surface area contributed by atoms with Crippen molar-refractivity contribution >= 4 is 28.6 Å². The lowest BCUT2D eigenvalue weighted by Crippen LogP contribution is -2.41. The summed E-state index contributed by atoms with van der Waals surface area (Å²) in [6.07, 6.45) is 4.68. The van der Waals surface area contributed by atoms with Crippen LogP contribution in [0.4, 0.5) is 0 Å². The predicted molar refractivity (Wildman–Crippen MR) is 97.3 cm³/mol. The quantitative estimate of drug-likeness (QED) is 0.683. The number of para-hydroxylation sites is 1. The van der Waals surface area contributed by atoms with Gasteiger partial charge < -0.3 is 5.32 Å². The Kier molecular flexibility index (Phi) is 5.23. The largest absolute Gasteiger partial charge is 0.352 e. The Bertz CT molecular complexity index is 802. The first-order valence-corrected chi connectivity index (χ1v) is 9.43. The first kappa shape index (κ1) is 17.0. The number of rotatable bonds is 4. The number of nitrogens with one attached hydrogen (secondary N) is 1. The SMILES string of the molecule is CC1CCCCC1NC(=O)CSc1nc2ccccc2c(=O)n1C. The minimum Gasteiger partial charge on any atom is -0.352 e. The van der Waals surface area contributed by atoms with Gasteiger partial charge in [-0.1, -0.05) is 43.7 Å². The lowest BCUT2D eigenvalue weighted by molar-refractivity contribution is -0.119. The molecule has 24 heavy (non-hydrogen) atoms. The summed E-state index contributed by atoms with van der Waals surface area (Å²) in [5, 5.41) is 4.31. The fraction of sp³-hybridized carbons (Fsp3) is 0.500. The van der Waals surface area contributed by atoms with E-state index in [1.807, 2.05) is 18.2 Å². The zero-order chi connectivity index (χ0) is 17.1. The summed E-state index contributed by atoms with van der Waals surface area (Å²) in [4.78, 5) is 29.1. The van der Waals surface area contributed by atoms with E-state index in [4.69, 9.17) is 0 Å². The van der Waals surface area contributed by atoms with Gasteiger partial charge in [0.2, 0.25) is 5.91 Å². The molecule has 5 nitrogen and oxygen atoms in total. The van der Waals surface area contributed by atoms with E-state index in [-0.39, 0.29) is 23.3 Å². The van der Waals surface area contributed by atoms with Crippen LogP contribution in [-0.4, -0.2) is 27.3 Å². The summed E-state index contributed by atoms with van der Waals surface area (Å²) in [7, 11) is 1.70. The third-order valence-corrected chi connectivity index (χ3v) is 5.76. The fourth-order valence-electron chi connectivity index (χ4n) is 3.24. The van der Waals surface area contributed by atoms with Crippen LogP contribution in [0, 0.1) is 5.92 Å². The maximum Gasteiger partial charge on any atom is 0.261 e. The average Bonchev–Trinajstić information content (AvgIpc) is 2.59.